The minimum Gasteiger partial charge on any atom is -0.378 e. The number of rotatable bonds is 6. The Kier molecular flexibility index (Phi) is 5.42. The van der Waals surface area contributed by atoms with Gasteiger partial charge in [0.15, 0.2) is 5.82 Å². The average Bonchev–Trinajstić information content (AvgIpc) is 3.37. The summed E-state index contributed by atoms with van der Waals surface area (Å²) >= 11 is 1.61. The van der Waals surface area contributed by atoms with Gasteiger partial charge in [-0.05, 0) is 17.7 Å². The summed E-state index contributed by atoms with van der Waals surface area (Å²) in [5.41, 5.74) is 3.37. The number of benzene rings is 2. The number of H-pyrrole nitrogens is 1. The molecule has 1 aromatic heterocycles. The molecule has 2 aromatic carbocycles. The van der Waals surface area contributed by atoms with E-state index in [2.05, 4.69) is 49.7 Å². The number of thioether (sulfide) groups is 1. The Morgan fingerprint density at radius 3 is 2.63 bits per heavy atom. The van der Waals surface area contributed by atoms with Gasteiger partial charge in [-0.1, -0.05) is 54.2 Å². The van der Waals surface area contributed by atoms with Gasteiger partial charge >= 0.3 is 0 Å². The lowest BCUT2D eigenvalue weighted by Crippen LogP contribution is -2.17. The molecule has 0 radical (unpaired) electrons. The van der Waals surface area contributed by atoms with Crippen LogP contribution in [0.2, 0.25) is 0 Å². The molecule has 0 spiro atoms. The topological polar surface area (TPSA) is 66.1 Å². The van der Waals surface area contributed by atoms with E-state index in [1.165, 1.54) is 5.69 Å². The van der Waals surface area contributed by atoms with Gasteiger partial charge in [-0.3, -0.25) is 10.4 Å². The first-order chi connectivity index (χ1) is 13.2. The van der Waals surface area contributed by atoms with Crippen molar-refractivity contribution in [2.75, 3.05) is 31.3 Å². The highest BCUT2D eigenvalue weighted by molar-refractivity contribution is 7.99. The van der Waals surface area contributed by atoms with Crippen LogP contribution in [0.5, 0.6) is 0 Å². The van der Waals surface area contributed by atoms with E-state index >= 15 is 0 Å². The molecule has 0 amide bonds. The van der Waals surface area contributed by atoms with E-state index in [-0.39, 0.29) is 12.3 Å². The summed E-state index contributed by atoms with van der Waals surface area (Å²) in [6.07, 6.45) is 0.0750. The lowest BCUT2D eigenvalue weighted by atomic mass is 10.2. The van der Waals surface area contributed by atoms with Crippen LogP contribution in [0.4, 0.5) is 5.69 Å². The van der Waals surface area contributed by atoms with E-state index in [1.54, 1.807) is 11.8 Å². The summed E-state index contributed by atoms with van der Waals surface area (Å²) in [6, 6.07) is 18.5. The van der Waals surface area contributed by atoms with Crippen molar-refractivity contribution in [3.8, 4) is 11.4 Å². The predicted octanol–water partition coefficient (Wildman–Crippen LogP) is 3.32. The predicted molar refractivity (Wildman–Crippen MR) is 109 cm³/mol. The third-order valence-electron chi connectivity index (χ3n) is 4.48. The van der Waals surface area contributed by atoms with E-state index < -0.39 is 0 Å². The number of ether oxygens (including phenoxy) is 1. The van der Waals surface area contributed by atoms with E-state index in [9.17, 15) is 0 Å². The van der Waals surface area contributed by atoms with Crippen molar-refractivity contribution in [3.05, 3.63) is 60.2 Å². The van der Waals surface area contributed by atoms with Gasteiger partial charge in [0, 0.05) is 37.6 Å². The molecular weight excluding hydrogens is 358 g/mol. The molecule has 0 bridgehead atoms. The average molecular weight is 382 g/mol. The molecule has 2 N–H and O–H groups in total. The molecule has 1 aliphatic rings. The fraction of sp³-hybridized carbons (Fsp3) is 0.300. The van der Waals surface area contributed by atoms with Crippen LogP contribution in [-0.2, 0) is 4.74 Å². The Labute approximate surface area is 163 Å². The third kappa shape index (κ3) is 4.32. The molecular formula is C20H23N5OS. The molecule has 4 rings (SSSR count). The highest BCUT2D eigenvalue weighted by Gasteiger charge is 2.26. The quantitative estimate of drug-likeness (QED) is 0.639. The van der Waals surface area contributed by atoms with Crippen LogP contribution in [0.1, 0.15) is 11.8 Å². The standard InChI is InChI=1S/C20H23N5OS/c1-25(2)16-10-8-15(9-11-16)19-21-12-17(26-19)13-27-20-22-18(23-24-20)14-6-4-3-5-7-14/h3-11,17,19,21H,12-13H2,1-2H3,(H,22,23,24)/t17-,19-/m0/s1. The number of nitrogens with zero attached hydrogens (tertiary/aromatic N) is 3. The van der Waals surface area contributed by atoms with Crippen molar-refractivity contribution in [1.29, 1.82) is 0 Å². The summed E-state index contributed by atoms with van der Waals surface area (Å²) in [6.45, 7) is 0.822. The van der Waals surface area contributed by atoms with Gasteiger partial charge in [-0.15, -0.1) is 5.10 Å². The van der Waals surface area contributed by atoms with Crippen LogP contribution in [0.25, 0.3) is 11.4 Å². The molecule has 1 aliphatic heterocycles. The molecule has 0 aliphatic carbocycles. The van der Waals surface area contributed by atoms with Crippen LogP contribution in [0.15, 0.2) is 59.8 Å². The zero-order valence-electron chi connectivity index (χ0n) is 15.4. The van der Waals surface area contributed by atoms with Gasteiger partial charge in [-0.25, -0.2) is 4.98 Å². The van der Waals surface area contributed by atoms with E-state index in [1.807, 2.05) is 44.4 Å². The third-order valence-corrected chi connectivity index (χ3v) is 5.46. The second-order valence-electron chi connectivity index (χ2n) is 6.68. The smallest absolute Gasteiger partial charge is 0.208 e. The highest BCUT2D eigenvalue weighted by Crippen LogP contribution is 2.27. The molecule has 27 heavy (non-hydrogen) atoms. The second-order valence-corrected chi connectivity index (χ2v) is 7.66. The van der Waals surface area contributed by atoms with Crippen LogP contribution < -0.4 is 10.2 Å². The molecule has 3 aromatic rings. The highest BCUT2D eigenvalue weighted by atomic mass is 32.2. The van der Waals surface area contributed by atoms with Crippen LogP contribution >= 0.6 is 11.8 Å². The summed E-state index contributed by atoms with van der Waals surface area (Å²) in [4.78, 5) is 6.65. The number of aromatic nitrogens is 3. The van der Waals surface area contributed by atoms with E-state index in [0.29, 0.717) is 0 Å². The molecule has 0 saturated carbocycles. The Hall–Kier alpha value is -2.35. The molecule has 6 nitrogen and oxygen atoms in total. The van der Waals surface area contributed by atoms with Gasteiger partial charge in [-0.2, -0.15) is 0 Å². The number of aromatic amines is 1. The minimum absolute atomic E-state index is 0.0566. The lowest BCUT2D eigenvalue weighted by molar-refractivity contribution is 0.0534. The van der Waals surface area contributed by atoms with Crippen LogP contribution in [0.3, 0.4) is 0 Å². The molecule has 2 heterocycles. The first-order valence-electron chi connectivity index (χ1n) is 8.96. The molecule has 140 valence electrons. The van der Waals surface area contributed by atoms with E-state index in [0.717, 1.165) is 34.4 Å². The Balaban J connectivity index is 1.31. The van der Waals surface area contributed by atoms with Gasteiger partial charge in [0.2, 0.25) is 5.16 Å². The summed E-state index contributed by atoms with van der Waals surface area (Å²) in [7, 11) is 4.08. The summed E-state index contributed by atoms with van der Waals surface area (Å²) < 4.78 is 6.15. The number of hydrogen-bond donors (Lipinski definition) is 2. The summed E-state index contributed by atoms with van der Waals surface area (Å²) in [5, 5.41) is 11.5. The zero-order chi connectivity index (χ0) is 18.6. The SMILES string of the molecule is CN(C)c1ccc([C@H]2NC[C@@H](CSc3n[nH]c(-c4ccccc4)n3)O2)cc1. The van der Waals surface area contributed by atoms with Gasteiger partial charge in [0.25, 0.3) is 0 Å². The number of anilines is 1. The van der Waals surface area contributed by atoms with Crippen molar-refractivity contribution in [2.45, 2.75) is 17.5 Å². The monoisotopic (exact) mass is 381 g/mol. The zero-order valence-corrected chi connectivity index (χ0v) is 16.2. The lowest BCUT2D eigenvalue weighted by Gasteiger charge is -2.16. The number of hydrogen-bond acceptors (Lipinski definition) is 6. The van der Waals surface area contributed by atoms with Crippen molar-refractivity contribution in [2.24, 2.45) is 0 Å². The fourth-order valence-electron chi connectivity index (χ4n) is 2.97. The van der Waals surface area contributed by atoms with Crippen molar-refractivity contribution >= 4 is 17.4 Å². The van der Waals surface area contributed by atoms with Crippen molar-refractivity contribution < 1.29 is 4.74 Å². The van der Waals surface area contributed by atoms with Crippen molar-refractivity contribution in [1.82, 2.24) is 20.5 Å². The summed E-state index contributed by atoms with van der Waals surface area (Å²) in [5.74, 6) is 1.60. The fourth-order valence-corrected chi connectivity index (χ4v) is 3.77. The first-order valence-corrected chi connectivity index (χ1v) is 9.94. The largest absolute Gasteiger partial charge is 0.378 e. The van der Waals surface area contributed by atoms with E-state index in [4.69, 9.17) is 4.74 Å². The maximum Gasteiger partial charge on any atom is 0.208 e. The second kappa shape index (κ2) is 8.12. The molecule has 1 fully saturated rings. The van der Waals surface area contributed by atoms with Crippen LogP contribution in [-0.4, -0.2) is 47.7 Å². The first kappa shape index (κ1) is 18.0. The molecule has 7 heteroatoms. The van der Waals surface area contributed by atoms with Gasteiger partial charge in [0.05, 0.1) is 6.10 Å². The van der Waals surface area contributed by atoms with Gasteiger partial charge in [0.1, 0.15) is 6.23 Å². The van der Waals surface area contributed by atoms with Crippen LogP contribution in [0, 0.1) is 0 Å². The van der Waals surface area contributed by atoms with Gasteiger partial charge < -0.3 is 9.64 Å². The normalized spacial score (nSPS) is 19.3. The number of nitrogens with one attached hydrogen (secondary N) is 2. The molecule has 2 atom stereocenters. The maximum absolute atomic E-state index is 6.15. The Morgan fingerprint density at radius 2 is 1.89 bits per heavy atom. The maximum atomic E-state index is 6.15. The minimum atomic E-state index is -0.0566. The molecule has 0 unspecified atom stereocenters. The molecule has 1 saturated heterocycles. The Morgan fingerprint density at radius 1 is 1.11 bits per heavy atom. The van der Waals surface area contributed by atoms with Crippen molar-refractivity contribution in [3.63, 3.8) is 0 Å². The Bertz CT molecular complexity index is 866.